The molecule has 1 atom stereocenters. The number of aromatic nitrogens is 1. The third-order valence-corrected chi connectivity index (χ3v) is 4.14. The van der Waals surface area contributed by atoms with E-state index in [-0.39, 0.29) is 6.10 Å². The van der Waals surface area contributed by atoms with Crippen LogP contribution in [0.1, 0.15) is 11.3 Å². The number of pyridine rings is 1. The molecule has 2 heterocycles. The molecule has 3 rings (SSSR count). The van der Waals surface area contributed by atoms with Crippen molar-refractivity contribution in [1.82, 2.24) is 4.98 Å². The molecule has 4 heteroatoms. The molecule has 0 bridgehead atoms. The van der Waals surface area contributed by atoms with Gasteiger partial charge in [-0.15, -0.1) is 0 Å². The number of alkyl halides is 1. The highest BCUT2D eigenvalue weighted by Crippen LogP contribution is 2.39. The first-order valence-corrected chi connectivity index (χ1v) is 7.01. The van der Waals surface area contributed by atoms with Crippen molar-refractivity contribution in [3.63, 3.8) is 0 Å². The van der Waals surface area contributed by atoms with Crippen LogP contribution in [0.25, 0.3) is 10.9 Å². The van der Waals surface area contributed by atoms with E-state index in [0.29, 0.717) is 5.02 Å². The third kappa shape index (κ3) is 1.72. The van der Waals surface area contributed by atoms with E-state index >= 15 is 0 Å². The molecule has 0 N–H and O–H groups in total. The number of nitrogens with zero attached hydrogens (tertiary/aromatic N) is 1. The summed E-state index contributed by atoms with van der Waals surface area (Å²) in [6.07, 6.45) is 1.12. The minimum Gasteiger partial charge on any atom is -0.488 e. The summed E-state index contributed by atoms with van der Waals surface area (Å²) in [6.45, 7) is 2.02. The smallest absolute Gasteiger partial charge is 0.134 e. The molecular weight excluding hydrogens is 302 g/mol. The van der Waals surface area contributed by atoms with Gasteiger partial charge < -0.3 is 4.74 Å². The van der Waals surface area contributed by atoms with Gasteiger partial charge in [-0.25, -0.2) is 0 Å². The number of aryl methyl sites for hydroxylation is 1. The van der Waals surface area contributed by atoms with Crippen molar-refractivity contribution in [3.8, 4) is 5.75 Å². The van der Waals surface area contributed by atoms with Crippen LogP contribution in [0.3, 0.4) is 0 Å². The molecule has 88 valence electrons. The largest absolute Gasteiger partial charge is 0.488 e. The Balaban J connectivity index is 2.30. The number of ether oxygens (including phenoxy) is 1. The van der Waals surface area contributed by atoms with Gasteiger partial charge in [0.15, 0.2) is 0 Å². The number of fused-ring (bicyclic) bond motifs is 3. The van der Waals surface area contributed by atoms with Crippen LogP contribution in [-0.4, -0.2) is 16.4 Å². The molecule has 0 unspecified atom stereocenters. The maximum atomic E-state index is 6.17. The van der Waals surface area contributed by atoms with E-state index in [4.69, 9.17) is 16.3 Å². The van der Waals surface area contributed by atoms with Gasteiger partial charge in [0.05, 0.1) is 10.5 Å². The van der Waals surface area contributed by atoms with Crippen LogP contribution in [0.5, 0.6) is 5.75 Å². The maximum Gasteiger partial charge on any atom is 0.134 e. The Labute approximate surface area is 113 Å². The number of halogens is 2. The van der Waals surface area contributed by atoms with Gasteiger partial charge in [0, 0.05) is 28.4 Å². The Morgan fingerprint density at radius 2 is 2.35 bits per heavy atom. The van der Waals surface area contributed by atoms with Gasteiger partial charge in [-0.1, -0.05) is 33.6 Å². The predicted octanol–water partition coefficient (Wildman–Crippen LogP) is 3.90. The number of hydrogen-bond acceptors (Lipinski definition) is 2. The summed E-state index contributed by atoms with van der Waals surface area (Å²) in [4.78, 5) is 4.59. The van der Waals surface area contributed by atoms with E-state index in [1.54, 1.807) is 0 Å². The van der Waals surface area contributed by atoms with Crippen molar-refractivity contribution in [2.75, 3.05) is 5.33 Å². The third-order valence-electron chi connectivity index (χ3n) is 3.11. The molecule has 0 saturated heterocycles. The second-order valence-corrected chi connectivity index (χ2v) is 5.29. The lowest BCUT2D eigenvalue weighted by Gasteiger charge is -2.09. The highest BCUT2D eigenvalue weighted by atomic mass is 79.9. The fourth-order valence-corrected chi connectivity index (χ4v) is 2.85. The first kappa shape index (κ1) is 11.3. The maximum absolute atomic E-state index is 6.17. The molecule has 0 fully saturated rings. The number of benzene rings is 1. The summed E-state index contributed by atoms with van der Waals surface area (Å²) >= 11 is 9.64. The Hall–Kier alpha value is -0.800. The van der Waals surface area contributed by atoms with Crippen molar-refractivity contribution in [1.29, 1.82) is 0 Å². The highest BCUT2D eigenvalue weighted by Gasteiger charge is 2.26. The molecule has 2 nitrogen and oxygen atoms in total. The van der Waals surface area contributed by atoms with Gasteiger partial charge in [-0.05, 0) is 19.1 Å². The Morgan fingerprint density at radius 3 is 3.12 bits per heavy atom. The Bertz CT molecular complexity index is 599. The standard InChI is InChI=1S/C13H11BrClNO/c1-7-10-5-8(6-14)17-13(10)9-3-2-4-11(15)12(9)16-7/h2-4,8H,5-6H2,1H3/t8-/m1/s1. The highest BCUT2D eigenvalue weighted by molar-refractivity contribution is 9.09. The number of rotatable bonds is 1. The molecule has 0 amide bonds. The van der Waals surface area contributed by atoms with Crippen molar-refractivity contribution in [2.45, 2.75) is 19.4 Å². The fourth-order valence-electron chi connectivity index (χ4n) is 2.27. The average molecular weight is 313 g/mol. The van der Waals surface area contributed by atoms with Gasteiger partial charge in [-0.3, -0.25) is 4.98 Å². The number of para-hydroxylation sites is 1. The summed E-state index contributed by atoms with van der Waals surface area (Å²) in [7, 11) is 0. The lowest BCUT2D eigenvalue weighted by Crippen LogP contribution is -2.13. The zero-order valence-electron chi connectivity index (χ0n) is 9.34. The fraction of sp³-hybridized carbons (Fsp3) is 0.308. The molecular formula is C13H11BrClNO. The zero-order valence-corrected chi connectivity index (χ0v) is 11.7. The summed E-state index contributed by atoms with van der Waals surface area (Å²) in [5.41, 5.74) is 3.06. The van der Waals surface area contributed by atoms with E-state index in [2.05, 4.69) is 20.9 Å². The molecule has 2 aromatic rings. The molecule has 1 aromatic heterocycles. The van der Waals surface area contributed by atoms with Crippen LogP contribution in [0.15, 0.2) is 18.2 Å². The van der Waals surface area contributed by atoms with Crippen molar-refractivity contribution in [3.05, 3.63) is 34.5 Å². The predicted molar refractivity (Wildman–Crippen MR) is 73.4 cm³/mol. The van der Waals surface area contributed by atoms with Crippen molar-refractivity contribution >= 4 is 38.4 Å². The molecule has 0 aliphatic carbocycles. The van der Waals surface area contributed by atoms with Crippen LogP contribution < -0.4 is 4.74 Å². The van der Waals surface area contributed by atoms with Gasteiger partial charge in [-0.2, -0.15) is 0 Å². The van der Waals surface area contributed by atoms with Gasteiger partial charge in [0.25, 0.3) is 0 Å². The van der Waals surface area contributed by atoms with E-state index in [9.17, 15) is 0 Å². The average Bonchev–Trinajstić information content (AvgIpc) is 2.76. The second kappa shape index (κ2) is 4.14. The van der Waals surface area contributed by atoms with Crippen molar-refractivity contribution < 1.29 is 4.74 Å². The Kier molecular flexibility index (Phi) is 2.75. The van der Waals surface area contributed by atoms with Crippen LogP contribution in [0, 0.1) is 6.92 Å². The van der Waals surface area contributed by atoms with Gasteiger partial charge in [0.1, 0.15) is 11.9 Å². The van der Waals surface area contributed by atoms with Crippen molar-refractivity contribution in [2.24, 2.45) is 0 Å². The lowest BCUT2D eigenvalue weighted by molar-refractivity contribution is 0.263. The zero-order chi connectivity index (χ0) is 12.0. The molecule has 1 aromatic carbocycles. The quantitative estimate of drug-likeness (QED) is 0.745. The first-order valence-electron chi connectivity index (χ1n) is 5.51. The van der Waals surface area contributed by atoms with Crippen LogP contribution in [0.2, 0.25) is 5.02 Å². The minimum absolute atomic E-state index is 0.204. The van der Waals surface area contributed by atoms with E-state index in [0.717, 1.165) is 34.1 Å². The SMILES string of the molecule is Cc1nc2c(Cl)cccc2c2c1C[C@H](CBr)O2. The molecule has 0 saturated carbocycles. The first-order chi connectivity index (χ1) is 8.20. The minimum atomic E-state index is 0.204. The van der Waals surface area contributed by atoms with E-state index < -0.39 is 0 Å². The number of hydrogen-bond donors (Lipinski definition) is 0. The summed E-state index contributed by atoms with van der Waals surface area (Å²) in [6, 6.07) is 5.82. The molecule has 1 aliphatic heterocycles. The Morgan fingerprint density at radius 1 is 1.53 bits per heavy atom. The van der Waals surface area contributed by atoms with Gasteiger partial charge >= 0.3 is 0 Å². The lowest BCUT2D eigenvalue weighted by atomic mass is 10.1. The molecule has 0 spiro atoms. The van der Waals surface area contributed by atoms with E-state index in [1.807, 2.05) is 25.1 Å². The molecule has 17 heavy (non-hydrogen) atoms. The normalized spacial score (nSPS) is 18.2. The topological polar surface area (TPSA) is 22.1 Å². The summed E-state index contributed by atoms with van der Waals surface area (Å²) in [5, 5.41) is 2.53. The molecule has 0 radical (unpaired) electrons. The molecule has 1 aliphatic rings. The summed E-state index contributed by atoms with van der Waals surface area (Å²) in [5.74, 6) is 0.958. The van der Waals surface area contributed by atoms with E-state index in [1.165, 1.54) is 5.56 Å². The second-order valence-electron chi connectivity index (χ2n) is 4.24. The van der Waals surface area contributed by atoms with Gasteiger partial charge in [0.2, 0.25) is 0 Å². The monoisotopic (exact) mass is 311 g/mol. The van der Waals surface area contributed by atoms with Crippen LogP contribution in [0.4, 0.5) is 0 Å². The van der Waals surface area contributed by atoms with Crippen LogP contribution >= 0.6 is 27.5 Å². The van der Waals surface area contributed by atoms with Crippen LogP contribution in [-0.2, 0) is 6.42 Å². The summed E-state index contributed by atoms with van der Waals surface area (Å²) < 4.78 is 5.96.